The van der Waals surface area contributed by atoms with Crippen LogP contribution in [-0.4, -0.2) is 78.2 Å². The van der Waals surface area contributed by atoms with E-state index in [9.17, 15) is 9.59 Å². The maximum Gasteiger partial charge on any atom is 0.407 e. The van der Waals surface area contributed by atoms with Gasteiger partial charge in [0.25, 0.3) is 0 Å². The highest BCUT2D eigenvalue weighted by atomic mass is 16.5. The average molecular weight is 365 g/mol. The summed E-state index contributed by atoms with van der Waals surface area (Å²) in [6.07, 6.45) is 6.20. The number of hydrogen-bond donors (Lipinski definition) is 1. The predicted octanol–water partition coefficient (Wildman–Crippen LogP) is 1.29. The monoisotopic (exact) mass is 365 g/mol. The summed E-state index contributed by atoms with van der Waals surface area (Å²) in [5, 5.41) is 2.53. The van der Waals surface area contributed by atoms with Gasteiger partial charge in [0, 0.05) is 37.9 Å². The van der Waals surface area contributed by atoms with E-state index in [1.165, 1.54) is 7.11 Å². The molecule has 8 heteroatoms. The van der Waals surface area contributed by atoms with Crippen molar-refractivity contribution in [3.63, 3.8) is 0 Å². The molecule has 2 amide bonds. The lowest BCUT2D eigenvalue weighted by atomic mass is 9.95. The number of rotatable bonds is 7. The molecule has 1 aliphatic heterocycles. The largest absolute Gasteiger partial charge is 0.453 e. The number of carbonyl (C=O) groups excluding carboxylic acids is 2. The molecular formula is C18H31N5O3. The minimum atomic E-state index is -0.583. The fourth-order valence-electron chi connectivity index (χ4n) is 3.36. The van der Waals surface area contributed by atoms with Crippen LogP contribution >= 0.6 is 0 Å². The van der Waals surface area contributed by atoms with Crippen molar-refractivity contribution < 1.29 is 14.3 Å². The summed E-state index contributed by atoms with van der Waals surface area (Å²) < 4.78 is 6.79. The molecule has 146 valence electrons. The lowest BCUT2D eigenvalue weighted by Crippen LogP contribution is -2.49. The maximum absolute atomic E-state index is 12.4. The molecule has 0 radical (unpaired) electrons. The molecule has 0 aromatic carbocycles. The molecule has 1 aliphatic rings. The Morgan fingerprint density at radius 2 is 2.08 bits per heavy atom. The molecule has 26 heavy (non-hydrogen) atoms. The minimum Gasteiger partial charge on any atom is -0.453 e. The van der Waals surface area contributed by atoms with Crippen LogP contribution in [0.5, 0.6) is 0 Å². The predicted molar refractivity (Wildman–Crippen MR) is 99.0 cm³/mol. The summed E-state index contributed by atoms with van der Waals surface area (Å²) in [5.74, 6) is 1.43. The number of hydrogen-bond acceptors (Lipinski definition) is 5. The van der Waals surface area contributed by atoms with Gasteiger partial charge in [-0.1, -0.05) is 0 Å². The Kier molecular flexibility index (Phi) is 7.44. The van der Waals surface area contributed by atoms with Crippen LogP contribution in [0, 0.1) is 0 Å². The number of methoxy groups -OCH3 is 1. The van der Waals surface area contributed by atoms with Crippen molar-refractivity contribution in [2.24, 2.45) is 0 Å². The van der Waals surface area contributed by atoms with E-state index in [0.29, 0.717) is 19.0 Å². The highest BCUT2D eigenvalue weighted by Crippen LogP contribution is 2.27. The van der Waals surface area contributed by atoms with Gasteiger partial charge in [-0.05, 0) is 46.8 Å². The summed E-state index contributed by atoms with van der Waals surface area (Å²) in [6.45, 7) is 5.06. The van der Waals surface area contributed by atoms with Crippen molar-refractivity contribution in [3.05, 3.63) is 18.2 Å². The van der Waals surface area contributed by atoms with E-state index in [-0.39, 0.29) is 5.91 Å². The number of nitrogens with zero attached hydrogens (tertiary/aromatic N) is 4. The van der Waals surface area contributed by atoms with E-state index in [4.69, 9.17) is 0 Å². The van der Waals surface area contributed by atoms with Crippen LogP contribution in [-0.2, 0) is 16.1 Å². The van der Waals surface area contributed by atoms with Crippen LogP contribution < -0.4 is 5.32 Å². The standard InChI is InChI=1S/C18H31N5O3/c1-14(20-18(25)26-4)17(24)23-11-6-15(7-12-23)16-19-8-13-22(16)10-5-9-21(2)3/h8,13-15H,5-7,9-12H2,1-4H3,(H,20,25). The number of alkyl carbamates (subject to hydrolysis) is 1. The minimum absolute atomic E-state index is 0.0665. The van der Waals surface area contributed by atoms with Crippen LogP contribution in [0.2, 0.25) is 0 Å². The number of nitrogens with one attached hydrogen (secondary N) is 1. The van der Waals surface area contributed by atoms with Gasteiger partial charge in [0.15, 0.2) is 0 Å². The van der Waals surface area contributed by atoms with E-state index in [1.54, 1.807) is 6.92 Å². The van der Waals surface area contributed by atoms with Crippen LogP contribution in [0.25, 0.3) is 0 Å². The van der Waals surface area contributed by atoms with Crippen LogP contribution in [0.15, 0.2) is 12.4 Å². The number of aromatic nitrogens is 2. The Bertz CT molecular complexity index is 593. The third kappa shape index (κ3) is 5.45. The molecule has 1 unspecified atom stereocenters. The highest BCUT2D eigenvalue weighted by molar-refractivity contribution is 5.85. The van der Waals surface area contributed by atoms with Gasteiger partial charge in [-0.2, -0.15) is 0 Å². The molecule has 0 saturated carbocycles. The number of imidazole rings is 1. The zero-order valence-electron chi connectivity index (χ0n) is 16.3. The van der Waals surface area contributed by atoms with Crippen molar-refractivity contribution in [3.8, 4) is 0 Å². The lowest BCUT2D eigenvalue weighted by molar-refractivity contribution is -0.134. The first-order valence-electron chi connectivity index (χ1n) is 9.21. The first-order chi connectivity index (χ1) is 12.4. The van der Waals surface area contributed by atoms with Crippen molar-refractivity contribution in [1.82, 2.24) is 24.7 Å². The summed E-state index contributed by atoms with van der Waals surface area (Å²) in [4.78, 5) is 32.3. The number of carbonyl (C=O) groups is 2. The molecule has 1 N–H and O–H groups in total. The first kappa shape index (κ1) is 20.2. The quantitative estimate of drug-likeness (QED) is 0.787. The zero-order valence-corrected chi connectivity index (χ0v) is 16.3. The summed E-state index contributed by atoms with van der Waals surface area (Å²) in [7, 11) is 5.45. The second kappa shape index (κ2) is 9.56. The van der Waals surface area contributed by atoms with Gasteiger partial charge in [0.2, 0.25) is 5.91 Å². The Hall–Kier alpha value is -2.09. The van der Waals surface area contributed by atoms with E-state index < -0.39 is 12.1 Å². The topological polar surface area (TPSA) is 79.7 Å². The number of likely N-dealkylation sites (tertiary alicyclic amines) is 1. The lowest BCUT2D eigenvalue weighted by Gasteiger charge is -2.33. The van der Waals surface area contributed by atoms with Gasteiger partial charge < -0.3 is 24.4 Å². The van der Waals surface area contributed by atoms with Gasteiger partial charge in [0.05, 0.1) is 7.11 Å². The SMILES string of the molecule is COC(=O)NC(C)C(=O)N1CCC(c2nccn2CCCN(C)C)CC1. The molecule has 1 atom stereocenters. The van der Waals surface area contributed by atoms with Gasteiger partial charge in [-0.15, -0.1) is 0 Å². The zero-order chi connectivity index (χ0) is 19.1. The second-order valence-corrected chi connectivity index (χ2v) is 7.09. The molecule has 2 rings (SSSR count). The Morgan fingerprint density at radius 3 is 2.69 bits per heavy atom. The molecule has 2 heterocycles. The highest BCUT2D eigenvalue weighted by Gasteiger charge is 2.29. The first-order valence-corrected chi connectivity index (χ1v) is 9.21. The molecule has 1 saturated heterocycles. The number of piperidine rings is 1. The molecule has 8 nitrogen and oxygen atoms in total. The van der Waals surface area contributed by atoms with E-state index in [1.807, 2.05) is 17.3 Å². The molecule has 1 fully saturated rings. The van der Waals surface area contributed by atoms with Crippen molar-refractivity contribution in [2.75, 3.05) is 40.8 Å². The third-order valence-corrected chi connectivity index (χ3v) is 4.81. The number of ether oxygens (including phenoxy) is 1. The van der Waals surface area contributed by atoms with Crippen LogP contribution in [0.1, 0.15) is 37.9 Å². The van der Waals surface area contributed by atoms with Crippen LogP contribution in [0.3, 0.4) is 0 Å². The van der Waals surface area contributed by atoms with Crippen LogP contribution in [0.4, 0.5) is 4.79 Å². The molecule has 1 aromatic heterocycles. The third-order valence-electron chi connectivity index (χ3n) is 4.81. The molecule has 0 bridgehead atoms. The van der Waals surface area contributed by atoms with E-state index >= 15 is 0 Å². The smallest absolute Gasteiger partial charge is 0.407 e. The van der Waals surface area contributed by atoms with Crippen molar-refractivity contribution in [2.45, 2.75) is 44.7 Å². The normalized spacial score (nSPS) is 16.6. The fourth-order valence-corrected chi connectivity index (χ4v) is 3.36. The second-order valence-electron chi connectivity index (χ2n) is 7.09. The van der Waals surface area contributed by atoms with Crippen molar-refractivity contribution >= 4 is 12.0 Å². The summed E-state index contributed by atoms with van der Waals surface area (Å²) in [5.41, 5.74) is 0. The molecular weight excluding hydrogens is 334 g/mol. The van der Waals surface area contributed by atoms with Gasteiger partial charge in [0.1, 0.15) is 11.9 Å². The number of amides is 2. The van der Waals surface area contributed by atoms with Gasteiger partial charge in [-0.3, -0.25) is 4.79 Å². The Balaban J connectivity index is 1.86. The average Bonchev–Trinajstić information content (AvgIpc) is 3.09. The molecule has 0 aliphatic carbocycles. The Morgan fingerprint density at radius 1 is 1.38 bits per heavy atom. The van der Waals surface area contributed by atoms with E-state index in [2.05, 4.69) is 38.6 Å². The van der Waals surface area contributed by atoms with Gasteiger partial charge in [-0.25, -0.2) is 9.78 Å². The fraction of sp³-hybridized carbons (Fsp3) is 0.722. The molecule has 1 aromatic rings. The summed E-state index contributed by atoms with van der Waals surface area (Å²) >= 11 is 0. The summed E-state index contributed by atoms with van der Waals surface area (Å²) in [6, 6.07) is -0.577. The molecule has 0 spiro atoms. The maximum atomic E-state index is 12.4. The van der Waals surface area contributed by atoms with Gasteiger partial charge >= 0.3 is 6.09 Å². The van der Waals surface area contributed by atoms with Crippen molar-refractivity contribution in [1.29, 1.82) is 0 Å². The van der Waals surface area contributed by atoms with E-state index in [0.717, 1.165) is 38.2 Å². The number of aryl methyl sites for hydroxylation is 1. The Labute approximate surface area is 155 Å².